The Balaban J connectivity index is 1.84. The number of carbonyl (C=O) groups is 3. The van der Waals surface area contributed by atoms with Crippen LogP contribution in [0.15, 0.2) is 18.2 Å². The lowest BCUT2D eigenvalue weighted by atomic mass is 9.94. The van der Waals surface area contributed by atoms with Crippen molar-refractivity contribution in [1.29, 1.82) is 0 Å². The van der Waals surface area contributed by atoms with E-state index in [0.29, 0.717) is 0 Å². The second-order valence-electron chi connectivity index (χ2n) is 6.83. The molecule has 3 amide bonds. The fourth-order valence-corrected chi connectivity index (χ4v) is 3.42. The van der Waals surface area contributed by atoms with E-state index in [-0.39, 0.29) is 35.6 Å². The van der Waals surface area contributed by atoms with E-state index < -0.39 is 17.6 Å². The fraction of sp³-hybridized carbons (Fsp3) is 0.526. The number of rotatable bonds is 6. The van der Waals surface area contributed by atoms with Crippen LogP contribution in [-0.4, -0.2) is 60.7 Å². The third-order valence-corrected chi connectivity index (χ3v) is 5.22. The molecule has 0 spiro atoms. The molecule has 0 heterocycles. The van der Waals surface area contributed by atoms with Crippen molar-refractivity contribution in [3.8, 4) is 0 Å². The van der Waals surface area contributed by atoms with Crippen LogP contribution in [0.1, 0.15) is 42.5 Å². The van der Waals surface area contributed by atoms with Gasteiger partial charge in [0, 0.05) is 20.1 Å². The zero-order valence-electron chi connectivity index (χ0n) is 15.6. The van der Waals surface area contributed by atoms with E-state index in [9.17, 15) is 18.8 Å². The van der Waals surface area contributed by atoms with Gasteiger partial charge in [-0.2, -0.15) is 0 Å². The van der Waals surface area contributed by atoms with Gasteiger partial charge < -0.3 is 15.1 Å². The summed E-state index contributed by atoms with van der Waals surface area (Å²) < 4.78 is 13.7. The smallest absolute Gasteiger partial charge is 0.256 e. The standard InChI is InChI=1S/C19H25ClFN3O3/c1-23(12-17(26)24(2)13-7-4-3-5-8-13)16(25)11-22-19(27)18-14(20)9-6-10-15(18)21/h6,9-10,13H,3-5,7-8,11-12H2,1-2H3,(H,22,27). The first-order chi connectivity index (χ1) is 12.8. The molecular weight excluding hydrogens is 373 g/mol. The van der Waals surface area contributed by atoms with Gasteiger partial charge in [0.1, 0.15) is 5.82 Å². The van der Waals surface area contributed by atoms with E-state index in [0.717, 1.165) is 31.7 Å². The van der Waals surface area contributed by atoms with Gasteiger partial charge in [-0.3, -0.25) is 14.4 Å². The van der Waals surface area contributed by atoms with Crippen molar-refractivity contribution >= 4 is 29.3 Å². The van der Waals surface area contributed by atoms with E-state index in [1.54, 1.807) is 11.9 Å². The first kappa shape index (κ1) is 21.2. The van der Waals surface area contributed by atoms with E-state index in [1.165, 1.54) is 30.5 Å². The number of nitrogens with zero attached hydrogens (tertiary/aromatic N) is 2. The summed E-state index contributed by atoms with van der Waals surface area (Å²) in [5.74, 6) is -2.11. The average Bonchev–Trinajstić information content (AvgIpc) is 2.65. The normalized spacial score (nSPS) is 14.5. The molecule has 1 aliphatic rings. The third kappa shape index (κ3) is 5.66. The molecule has 0 radical (unpaired) electrons. The average molecular weight is 398 g/mol. The van der Waals surface area contributed by atoms with Crippen LogP contribution >= 0.6 is 11.6 Å². The molecule has 6 nitrogen and oxygen atoms in total. The lowest BCUT2D eigenvalue weighted by Crippen LogP contribution is -2.46. The Hall–Kier alpha value is -2.15. The Bertz CT molecular complexity index is 687. The highest BCUT2D eigenvalue weighted by Crippen LogP contribution is 2.21. The molecule has 0 bridgehead atoms. The molecule has 1 aliphatic carbocycles. The van der Waals surface area contributed by atoms with Crippen molar-refractivity contribution in [2.24, 2.45) is 0 Å². The van der Waals surface area contributed by atoms with Gasteiger partial charge in [0.05, 0.1) is 23.7 Å². The maximum absolute atomic E-state index is 13.7. The molecule has 27 heavy (non-hydrogen) atoms. The second-order valence-corrected chi connectivity index (χ2v) is 7.23. The number of benzene rings is 1. The predicted molar refractivity (Wildman–Crippen MR) is 101 cm³/mol. The minimum absolute atomic E-state index is 0.0300. The highest BCUT2D eigenvalue weighted by Gasteiger charge is 2.24. The molecule has 0 atom stereocenters. The quantitative estimate of drug-likeness (QED) is 0.801. The molecule has 0 saturated heterocycles. The number of hydrogen-bond donors (Lipinski definition) is 1. The molecule has 1 aromatic rings. The summed E-state index contributed by atoms with van der Waals surface area (Å²) in [5.41, 5.74) is -0.303. The second kappa shape index (κ2) is 9.69. The van der Waals surface area contributed by atoms with Crippen molar-refractivity contribution in [2.75, 3.05) is 27.2 Å². The largest absolute Gasteiger partial charge is 0.343 e. The van der Waals surface area contributed by atoms with Crippen molar-refractivity contribution in [3.63, 3.8) is 0 Å². The zero-order valence-corrected chi connectivity index (χ0v) is 16.4. The highest BCUT2D eigenvalue weighted by atomic mass is 35.5. The molecule has 0 aliphatic heterocycles. The molecule has 1 aromatic carbocycles. The van der Waals surface area contributed by atoms with Gasteiger partial charge in [-0.15, -0.1) is 0 Å². The van der Waals surface area contributed by atoms with Crippen LogP contribution in [0.5, 0.6) is 0 Å². The highest BCUT2D eigenvalue weighted by molar-refractivity contribution is 6.33. The van der Waals surface area contributed by atoms with Gasteiger partial charge in [0.2, 0.25) is 11.8 Å². The van der Waals surface area contributed by atoms with Crippen LogP contribution in [0, 0.1) is 5.82 Å². The van der Waals surface area contributed by atoms with Crippen LogP contribution in [0.4, 0.5) is 4.39 Å². The summed E-state index contributed by atoms with van der Waals surface area (Å²) in [7, 11) is 3.26. The summed E-state index contributed by atoms with van der Waals surface area (Å²) >= 11 is 5.83. The number of nitrogens with one attached hydrogen (secondary N) is 1. The Kier molecular flexibility index (Phi) is 7.59. The number of likely N-dealkylation sites (N-methyl/N-ethyl adjacent to an activating group) is 2. The van der Waals surface area contributed by atoms with Crippen LogP contribution in [0.3, 0.4) is 0 Å². The molecule has 1 fully saturated rings. The first-order valence-electron chi connectivity index (χ1n) is 9.03. The van der Waals surface area contributed by atoms with Crippen molar-refractivity contribution < 1.29 is 18.8 Å². The third-order valence-electron chi connectivity index (χ3n) is 4.90. The number of hydrogen-bond acceptors (Lipinski definition) is 3. The van der Waals surface area contributed by atoms with Crippen molar-refractivity contribution in [1.82, 2.24) is 15.1 Å². The van der Waals surface area contributed by atoms with E-state index in [4.69, 9.17) is 11.6 Å². The van der Waals surface area contributed by atoms with E-state index in [2.05, 4.69) is 5.32 Å². The molecule has 148 valence electrons. The predicted octanol–water partition coefficient (Wildman–Crippen LogP) is 2.46. The summed E-state index contributed by atoms with van der Waals surface area (Å²) in [5, 5.41) is 2.32. The minimum atomic E-state index is -0.773. The molecule has 0 aromatic heterocycles. The summed E-state index contributed by atoms with van der Waals surface area (Å²) in [6, 6.07) is 4.13. The Morgan fingerprint density at radius 1 is 1.15 bits per heavy atom. The van der Waals surface area contributed by atoms with Crippen molar-refractivity contribution in [3.05, 3.63) is 34.6 Å². The minimum Gasteiger partial charge on any atom is -0.343 e. The number of carbonyl (C=O) groups excluding carboxylic acids is 3. The lowest BCUT2D eigenvalue weighted by Gasteiger charge is -2.32. The van der Waals surface area contributed by atoms with Crippen LogP contribution < -0.4 is 5.32 Å². The Morgan fingerprint density at radius 2 is 1.81 bits per heavy atom. The van der Waals surface area contributed by atoms with Crippen LogP contribution in [0.25, 0.3) is 0 Å². The van der Waals surface area contributed by atoms with Gasteiger partial charge in [-0.25, -0.2) is 4.39 Å². The topological polar surface area (TPSA) is 69.7 Å². The van der Waals surface area contributed by atoms with E-state index >= 15 is 0 Å². The van der Waals surface area contributed by atoms with Crippen LogP contribution in [0.2, 0.25) is 5.02 Å². The van der Waals surface area contributed by atoms with Gasteiger partial charge >= 0.3 is 0 Å². The molecule has 2 rings (SSSR count). The number of halogens is 2. The van der Waals surface area contributed by atoms with Crippen molar-refractivity contribution in [2.45, 2.75) is 38.1 Å². The van der Waals surface area contributed by atoms with Gasteiger partial charge in [-0.1, -0.05) is 36.9 Å². The van der Waals surface area contributed by atoms with Crippen LogP contribution in [-0.2, 0) is 9.59 Å². The SMILES string of the molecule is CN(CC(=O)N(C)C1CCCCC1)C(=O)CNC(=O)c1c(F)cccc1Cl. The molecule has 1 saturated carbocycles. The van der Waals surface area contributed by atoms with Gasteiger partial charge in [0.25, 0.3) is 5.91 Å². The maximum Gasteiger partial charge on any atom is 0.256 e. The van der Waals surface area contributed by atoms with Gasteiger partial charge in [-0.05, 0) is 25.0 Å². The lowest BCUT2D eigenvalue weighted by molar-refractivity contribution is -0.139. The summed E-state index contributed by atoms with van der Waals surface area (Å²) in [6.07, 6.45) is 5.39. The summed E-state index contributed by atoms with van der Waals surface area (Å²) in [4.78, 5) is 39.6. The van der Waals surface area contributed by atoms with E-state index in [1.807, 2.05) is 0 Å². The first-order valence-corrected chi connectivity index (χ1v) is 9.41. The molecule has 8 heteroatoms. The monoisotopic (exact) mass is 397 g/mol. The number of amides is 3. The summed E-state index contributed by atoms with van der Waals surface area (Å²) in [6.45, 7) is -0.414. The Labute approximate surface area is 163 Å². The Morgan fingerprint density at radius 3 is 2.44 bits per heavy atom. The fourth-order valence-electron chi connectivity index (χ4n) is 3.17. The van der Waals surface area contributed by atoms with Gasteiger partial charge in [0.15, 0.2) is 0 Å². The molecule has 1 N–H and O–H groups in total. The zero-order chi connectivity index (χ0) is 20.0. The molecule has 0 unspecified atom stereocenters. The molecular formula is C19H25ClFN3O3. The maximum atomic E-state index is 13.7.